The molecule has 0 aromatic heterocycles. The fourth-order valence-corrected chi connectivity index (χ4v) is 3.89. The Labute approximate surface area is 129 Å². The molecule has 2 heterocycles. The van der Waals surface area contributed by atoms with Gasteiger partial charge in [-0.25, -0.2) is 13.6 Å². The van der Waals surface area contributed by atoms with Crippen LogP contribution in [0.15, 0.2) is 18.2 Å². The molecule has 0 radical (unpaired) electrons. The van der Waals surface area contributed by atoms with E-state index >= 15 is 0 Å². The molecule has 0 saturated carbocycles. The van der Waals surface area contributed by atoms with Gasteiger partial charge in [-0.3, -0.25) is 0 Å². The van der Waals surface area contributed by atoms with E-state index < -0.39 is 17.6 Å². The third-order valence-electron chi connectivity index (χ3n) is 5.01. The number of benzene rings is 1. The zero-order chi connectivity index (χ0) is 15.5. The Hall–Kier alpha value is -1.49. The number of piperidine rings is 2. The van der Waals surface area contributed by atoms with E-state index in [4.69, 9.17) is 4.74 Å². The van der Waals surface area contributed by atoms with Crippen LogP contribution in [-0.4, -0.2) is 31.7 Å². The molecule has 3 nitrogen and oxygen atoms in total. The number of rotatable bonds is 3. The van der Waals surface area contributed by atoms with Crippen molar-refractivity contribution in [3.8, 4) is 0 Å². The number of nitrogens with one attached hydrogen (secondary N) is 1. The fourth-order valence-electron chi connectivity index (χ4n) is 3.89. The van der Waals surface area contributed by atoms with Gasteiger partial charge in [0.05, 0.1) is 24.7 Å². The molecular weight excluding hydrogens is 288 g/mol. The quantitative estimate of drug-likeness (QED) is 0.865. The van der Waals surface area contributed by atoms with Gasteiger partial charge in [-0.05, 0) is 44.2 Å². The van der Waals surface area contributed by atoms with E-state index in [1.54, 1.807) is 4.90 Å². The highest BCUT2D eigenvalue weighted by Crippen LogP contribution is 2.21. The highest BCUT2D eigenvalue weighted by molar-refractivity contribution is 5.89. The van der Waals surface area contributed by atoms with E-state index in [1.807, 2.05) is 0 Å². The molecule has 2 aliphatic rings. The van der Waals surface area contributed by atoms with Crippen LogP contribution < -0.4 is 4.90 Å². The van der Waals surface area contributed by atoms with Gasteiger partial charge in [0.15, 0.2) is 0 Å². The summed E-state index contributed by atoms with van der Waals surface area (Å²) < 4.78 is 31.8. The molecule has 2 saturated heterocycles. The lowest BCUT2D eigenvalue weighted by atomic mass is 9.84. The van der Waals surface area contributed by atoms with E-state index in [0.717, 1.165) is 25.0 Å². The molecule has 120 valence electrons. The van der Waals surface area contributed by atoms with Gasteiger partial charge in [-0.15, -0.1) is 0 Å². The van der Waals surface area contributed by atoms with Crippen LogP contribution in [0.2, 0.25) is 0 Å². The second-order valence-corrected chi connectivity index (χ2v) is 6.39. The predicted octanol–water partition coefficient (Wildman–Crippen LogP) is 1.97. The van der Waals surface area contributed by atoms with Crippen molar-refractivity contribution < 1.29 is 23.2 Å². The van der Waals surface area contributed by atoms with Crippen LogP contribution in [0.25, 0.3) is 0 Å². The first-order valence-electron chi connectivity index (χ1n) is 8.12. The van der Waals surface area contributed by atoms with Gasteiger partial charge >= 0.3 is 5.97 Å². The first-order chi connectivity index (χ1) is 10.6. The van der Waals surface area contributed by atoms with E-state index in [-0.39, 0.29) is 5.56 Å². The number of hydrogen-bond acceptors (Lipinski definition) is 2. The largest absolute Gasteiger partial charge is 0.461 e. The molecule has 22 heavy (non-hydrogen) atoms. The molecule has 3 atom stereocenters. The Kier molecular flexibility index (Phi) is 4.71. The van der Waals surface area contributed by atoms with Crippen LogP contribution in [0, 0.1) is 17.6 Å². The Morgan fingerprint density at radius 3 is 2.82 bits per heavy atom. The molecule has 3 rings (SSSR count). The smallest absolute Gasteiger partial charge is 0.341 e. The number of halogens is 2. The number of carbonyl (C=O) groups excluding carboxylic acids is 1. The molecule has 1 aromatic rings. The van der Waals surface area contributed by atoms with Crippen molar-refractivity contribution in [1.29, 1.82) is 0 Å². The number of quaternary nitrogens is 1. The van der Waals surface area contributed by atoms with Crippen LogP contribution >= 0.6 is 0 Å². The summed E-state index contributed by atoms with van der Waals surface area (Å²) in [5, 5.41) is 0. The van der Waals surface area contributed by atoms with Crippen LogP contribution in [0.5, 0.6) is 0 Å². The zero-order valence-corrected chi connectivity index (χ0v) is 12.6. The lowest BCUT2D eigenvalue weighted by Gasteiger charge is -2.40. The van der Waals surface area contributed by atoms with Crippen molar-refractivity contribution in [2.45, 2.75) is 38.1 Å². The lowest BCUT2D eigenvalue weighted by Crippen LogP contribution is -3.18. The normalized spacial score (nSPS) is 28.0. The van der Waals surface area contributed by atoms with Crippen LogP contribution in [-0.2, 0) is 4.74 Å². The maximum absolute atomic E-state index is 13.6. The lowest BCUT2D eigenvalue weighted by molar-refractivity contribution is -0.940. The molecular formula is C17H22F2NO2+. The van der Waals surface area contributed by atoms with Gasteiger partial charge in [0.25, 0.3) is 0 Å². The van der Waals surface area contributed by atoms with Crippen molar-refractivity contribution >= 4 is 5.97 Å². The van der Waals surface area contributed by atoms with Crippen molar-refractivity contribution in [3.05, 3.63) is 35.4 Å². The third kappa shape index (κ3) is 3.29. The summed E-state index contributed by atoms with van der Waals surface area (Å²) in [7, 11) is 0. The summed E-state index contributed by atoms with van der Waals surface area (Å²) in [5.41, 5.74) is -0.190. The van der Waals surface area contributed by atoms with Crippen molar-refractivity contribution in [1.82, 2.24) is 0 Å². The Bertz CT molecular complexity index is 547. The molecule has 0 aliphatic carbocycles. The summed E-state index contributed by atoms with van der Waals surface area (Å²) in [6.07, 6.45) is 5.92. The minimum Gasteiger partial charge on any atom is -0.461 e. The maximum Gasteiger partial charge on any atom is 0.341 e. The second kappa shape index (κ2) is 6.73. The molecule has 5 heteroatoms. The minimum absolute atomic E-state index is 0.190. The number of esters is 1. The number of carbonyl (C=O) groups is 1. The molecule has 0 bridgehead atoms. The third-order valence-corrected chi connectivity index (χ3v) is 5.01. The number of hydrogen-bond donors (Lipinski definition) is 1. The summed E-state index contributed by atoms with van der Waals surface area (Å²) in [4.78, 5) is 13.6. The van der Waals surface area contributed by atoms with E-state index in [2.05, 4.69) is 0 Å². The Balaban J connectivity index is 1.60. The zero-order valence-electron chi connectivity index (χ0n) is 12.6. The van der Waals surface area contributed by atoms with Crippen LogP contribution in [0.1, 0.15) is 42.5 Å². The highest BCUT2D eigenvalue weighted by atomic mass is 19.1. The van der Waals surface area contributed by atoms with E-state index in [0.29, 0.717) is 24.6 Å². The van der Waals surface area contributed by atoms with E-state index in [1.165, 1.54) is 32.4 Å². The summed E-state index contributed by atoms with van der Waals surface area (Å²) in [6.45, 7) is 2.76. The van der Waals surface area contributed by atoms with Crippen molar-refractivity contribution in [2.75, 3.05) is 19.7 Å². The topological polar surface area (TPSA) is 30.7 Å². The van der Waals surface area contributed by atoms with Gasteiger partial charge in [0, 0.05) is 12.0 Å². The summed E-state index contributed by atoms with van der Waals surface area (Å²) >= 11 is 0. The summed E-state index contributed by atoms with van der Waals surface area (Å²) in [5.74, 6) is -1.89. The van der Waals surface area contributed by atoms with Crippen LogP contribution in [0.3, 0.4) is 0 Å². The maximum atomic E-state index is 13.6. The molecule has 2 aliphatic heterocycles. The van der Waals surface area contributed by atoms with Gasteiger partial charge < -0.3 is 9.64 Å². The number of ether oxygens (including phenoxy) is 1. The van der Waals surface area contributed by atoms with Crippen molar-refractivity contribution in [3.63, 3.8) is 0 Å². The van der Waals surface area contributed by atoms with Gasteiger partial charge in [0.1, 0.15) is 18.2 Å². The highest BCUT2D eigenvalue weighted by Gasteiger charge is 2.37. The first-order valence-corrected chi connectivity index (χ1v) is 8.12. The monoisotopic (exact) mass is 310 g/mol. The standard InChI is InChI=1S/C17H21F2NO2/c18-13-6-7-14(15(19)10-13)17(21)22-11-12-4-3-9-20-8-2-1-5-16(12)20/h6-7,10,12,16H,1-5,8-9,11H2/p+1/t12-,16-/m0/s1. The molecule has 0 spiro atoms. The van der Waals surface area contributed by atoms with Crippen molar-refractivity contribution in [2.24, 2.45) is 5.92 Å². The van der Waals surface area contributed by atoms with E-state index in [9.17, 15) is 13.6 Å². The number of fused-ring (bicyclic) bond motifs is 1. The molecule has 0 amide bonds. The van der Waals surface area contributed by atoms with Gasteiger partial charge in [-0.2, -0.15) is 0 Å². The molecule has 2 fully saturated rings. The van der Waals surface area contributed by atoms with Gasteiger partial charge in [0.2, 0.25) is 0 Å². The average molecular weight is 310 g/mol. The molecule has 1 unspecified atom stereocenters. The van der Waals surface area contributed by atoms with Crippen LogP contribution in [0.4, 0.5) is 8.78 Å². The summed E-state index contributed by atoms with van der Waals surface area (Å²) in [6, 6.07) is 3.50. The Morgan fingerprint density at radius 1 is 1.18 bits per heavy atom. The second-order valence-electron chi connectivity index (χ2n) is 6.39. The Morgan fingerprint density at radius 2 is 2.00 bits per heavy atom. The predicted molar refractivity (Wildman–Crippen MR) is 77.7 cm³/mol. The fraction of sp³-hybridized carbons (Fsp3) is 0.588. The molecule has 1 aromatic carbocycles. The molecule has 1 N–H and O–H groups in total. The first kappa shape index (κ1) is 15.4. The average Bonchev–Trinajstić information content (AvgIpc) is 2.52. The minimum atomic E-state index is -0.862. The van der Waals surface area contributed by atoms with Gasteiger partial charge in [-0.1, -0.05) is 0 Å². The SMILES string of the molecule is O=C(OC[C@@H]1CCC[NH+]2CCCC[C@@H]12)c1ccc(F)cc1F.